The van der Waals surface area contributed by atoms with Crippen molar-refractivity contribution in [3.05, 3.63) is 82.9 Å². The number of nitrogens with one attached hydrogen (secondary N) is 2. The van der Waals surface area contributed by atoms with Crippen LogP contribution in [0.3, 0.4) is 0 Å². The van der Waals surface area contributed by atoms with Gasteiger partial charge in [0.05, 0.1) is 7.11 Å². The number of hydrogen-bond donors (Lipinski definition) is 2. The minimum Gasteiger partial charge on any atom is -0.496 e. The Morgan fingerprint density at radius 2 is 1.53 bits per heavy atom. The van der Waals surface area contributed by atoms with Crippen molar-refractivity contribution >= 4 is 34.8 Å². The molecule has 30 heavy (non-hydrogen) atoms. The van der Waals surface area contributed by atoms with Crippen LogP contribution in [-0.4, -0.2) is 18.9 Å². The Kier molecular flexibility index (Phi) is 6.93. The van der Waals surface area contributed by atoms with E-state index in [0.29, 0.717) is 33.5 Å². The Balaban J connectivity index is 1.70. The van der Waals surface area contributed by atoms with E-state index in [4.69, 9.17) is 21.1 Å². The Morgan fingerprint density at radius 1 is 0.900 bits per heavy atom. The van der Waals surface area contributed by atoms with Gasteiger partial charge in [-0.3, -0.25) is 9.59 Å². The maximum absolute atomic E-state index is 12.7. The normalized spacial score (nSPS) is 10.2. The summed E-state index contributed by atoms with van der Waals surface area (Å²) in [6.07, 6.45) is 0. The van der Waals surface area contributed by atoms with Gasteiger partial charge in [0.15, 0.2) is 0 Å². The number of methoxy groups -OCH3 is 1. The lowest BCUT2D eigenvalue weighted by atomic mass is 10.1. The zero-order chi connectivity index (χ0) is 21.5. The van der Waals surface area contributed by atoms with Crippen LogP contribution in [0.1, 0.15) is 22.8 Å². The SMILES string of the molecule is COc1ccc(C(=O)Nc2ccc(NC(C)=O)cc2)cc1COc1ccc(Cl)cc1. The average molecular weight is 425 g/mol. The van der Waals surface area contributed by atoms with Crippen molar-refractivity contribution < 1.29 is 19.1 Å². The van der Waals surface area contributed by atoms with Crippen molar-refractivity contribution in [3.8, 4) is 11.5 Å². The van der Waals surface area contributed by atoms with Gasteiger partial charge in [0.25, 0.3) is 5.91 Å². The summed E-state index contributed by atoms with van der Waals surface area (Å²) in [6.45, 7) is 1.67. The molecule has 0 spiro atoms. The Labute approximate surface area is 179 Å². The number of amides is 2. The van der Waals surface area contributed by atoms with Gasteiger partial charge in [-0.25, -0.2) is 0 Å². The molecule has 2 amide bonds. The molecule has 0 bridgehead atoms. The highest BCUT2D eigenvalue weighted by Crippen LogP contribution is 2.24. The van der Waals surface area contributed by atoms with E-state index < -0.39 is 0 Å². The predicted octanol–water partition coefficient (Wildman–Crippen LogP) is 5.14. The molecule has 0 aliphatic carbocycles. The van der Waals surface area contributed by atoms with Gasteiger partial charge in [0.1, 0.15) is 18.1 Å². The van der Waals surface area contributed by atoms with Gasteiger partial charge in [-0.1, -0.05) is 11.6 Å². The molecule has 0 atom stereocenters. The summed E-state index contributed by atoms with van der Waals surface area (Å²) < 4.78 is 11.2. The molecule has 0 radical (unpaired) electrons. The number of hydrogen-bond acceptors (Lipinski definition) is 4. The molecule has 0 saturated heterocycles. The first-order valence-corrected chi connectivity index (χ1v) is 9.56. The summed E-state index contributed by atoms with van der Waals surface area (Å²) in [4.78, 5) is 23.8. The second kappa shape index (κ2) is 9.80. The number of ether oxygens (including phenoxy) is 2. The standard InChI is InChI=1S/C23H21ClN2O4/c1-15(27)25-19-6-8-20(9-7-19)26-23(28)16-3-12-22(29-2)17(13-16)14-30-21-10-4-18(24)5-11-21/h3-13H,14H2,1-2H3,(H,25,27)(H,26,28). The fourth-order valence-electron chi connectivity index (χ4n) is 2.77. The summed E-state index contributed by atoms with van der Waals surface area (Å²) in [5, 5.41) is 6.14. The van der Waals surface area contributed by atoms with Crippen molar-refractivity contribution in [1.82, 2.24) is 0 Å². The Bertz CT molecular complexity index is 1030. The smallest absolute Gasteiger partial charge is 0.255 e. The lowest BCUT2D eigenvalue weighted by molar-refractivity contribution is -0.114. The molecule has 7 heteroatoms. The van der Waals surface area contributed by atoms with E-state index in [1.165, 1.54) is 6.92 Å². The quantitative estimate of drug-likeness (QED) is 0.550. The number of anilines is 2. The lowest BCUT2D eigenvalue weighted by Crippen LogP contribution is -2.13. The van der Waals surface area contributed by atoms with Gasteiger partial charge in [0.2, 0.25) is 5.91 Å². The van der Waals surface area contributed by atoms with Crippen LogP contribution < -0.4 is 20.1 Å². The number of carbonyl (C=O) groups excluding carboxylic acids is 2. The zero-order valence-corrected chi connectivity index (χ0v) is 17.3. The maximum atomic E-state index is 12.7. The summed E-state index contributed by atoms with van der Waals surface area (Å²) in [6, 6.07) is 19.1. The fraction of sp³-hybridized carbons (Fsp3) is 0.130. The minimum absolute atomic E-state index is 0.154. The van der Waals surface area contributed by atoms with Crippen LogP contribution in [0.15, 0.2) is 66.7 Å². The van der Waals surface area contributed by atoms with Gasteiger partial charge in [-0.05, 0) is 66.7 Å². The van der Waals surface area contributed by atoms with Crippen molar-refractivity contribution in [3.63, 3.8) is 0 Å². The van der Waals surface area contributed by atoms with Crippen LogP contribution in [0, 0.1) is 0 Å². The molecule has 3 aromatic rings. The molecule has 0 aromatic heterocycles. The molecule has 6 nitrogen and oxygen atoms in total. The van der Waals surface area contributed by atoms with Crippen LogP contribution in [0.2, 0.25) is 5.02 Å². The molecule has 0 heterocycles. The Morgan fingerprint density at radius 3 is 2.13 bits per heavy atom. The van der Waals surface area contributed by atoms with Crippen molar-refractivity contribution in [2.75, 3.05) is 17.7 Å². The van der Waals surface area contributed by atoms with E-state index >= 15 is 0 Å². The fourth-order valence-corrected chi connectivity index (χ4v) is 2.89. The van der Waals surface area contributed by atoms with Gasteiger partial charge in [-0.2, -0.15) is 0 Å². The molecule has 3 aromatic carbocycles. The first kappa shape index (κ1) is 21.2. The average Bonchev–Trinajstić information content (AvgIpc) is 2.74. The van der Waals surface area contributed by atoms with E-state index in [-0.39, 0.29) is 18.4 Å². The van der Waals surface area contributed by atoms with Crippen LogP contribution >= 0.6 is 11.6 Å². The molecule has 0 unspecified atom stereocenters. The Hall–Kier alpha value is -3.51. The molecule has 154 valence electrons. The molecule has 2 N–H and O–H groups in total. The summed E-state index contributed by atoms with van der Waals surface area (Å²) in [5.74, 6) is 0.867. The largest absolute Gasteiger partial charge is 0.496 e. The van der Waals surface area contributed by atoms with Gasteiger partial charge in [0, 0.05) is 34.4 Å². The highest BCUT2D eigenvalue weighted by Gasteiger charge is 2.12. The first-order chi connectivity index (χ1) is 14.4. The van der Waals surface area contributed by atoms with E-state index in [0.717, 1.165) is 5.56 Å². The van der Waals surface area contributed by atoms with Crippen molar-refractivity contribution in [1.29, 1.82) is 0 Å². The number of benzene rings is 3. The summed E-state index contributed by atoms with van der Waals surface area (Å²) in [7, 11) is 1.57. The van der Waals surface area contributed by atoms with E-state index in [1.54, 1.807) is 73.8 Å². The minimum atomic E-state index is -0.266. The second-order valence-corrected chi connectivity index (χ2v) is 6.92. The monoisotopic (exact) mass is 424 g/mol. The first-order valence-electron chi connectivity index (χ1n) is 9.19. The molecule has 3 rings (SSSR count). The summed E-state index contributed by atoms with van der Waals surface area (Å²) in [5.41, 5.74) is 2.48. The molecular weight excluding hydrogens is 404 g/mol. The van der Waals surface area contributed by atoms with Crippen LogP contribution in [0.4, 0.5) is 11.4 Å². The van der Waals surface area contributed by atoms with Crippen LogP contribution in [0.25, 0.3) is 0 Å². The van der Waals surface area contributed by atoms with E-state index in [9.17, 15) is 9.59 Å². The molecule has 0 fully saturated rings. The molecule has 0 aliphatic heterocycles. The van der Waals surface area contributed by atoms with Gasteiger partial charge >= 0.3 is 0 Å². The number of halogens is 1. The van der Waals surface area contributed by atoms with Crippen molar-refractivity contribution in [2.45, 2.75) is 13.5 Å². The molecule has 0 aliphatic rings. The topological polar surface area (TPSA) is 76.7 Å². The highest BCUT2D eigenvalue weighted by molar-refractivity contribution is 6.30. The third kappa shape index (κ3) is 5.75. The third-order valence-electron chi connectivity index (χ3n) is 4.21. The second-order valence-electron chi connectivity index (χ2n) is 6.48. The van der Waals surface area contributed by atoms with Crippen molar-refractivity contribution in [2.24, 2.45) is 0 Å². The summed E-state index contributed by atoms with van der Waals surface area (Å²) >= 11 is 5.89. The molecule has 0 saturated carbocycles. The molecular formula is C23H21ClN2O4. The highest BCUT2D eigenvalue weighted by atomic mass is 35.5. The van der Waals surface area contributed by atoms with Crippen LogP contribution in [-0.2, 0) is 11.4 Å². The lowest BCUT2D eigenvalue weighted by Gasteiger charge is -2.13. The number of rotatable bonds is 7. The maximum Gasteiger partial charge on any atom is 0.255 e. The zero-order valence-electron chi connectivity index (χ0n) is 16.6. The van der Waals surface area contributed by atoms with E-state index in [2.05, 4.69) is 10.6 Å². The number of carbonyl (C=O) groups is 2. The van der Waals surface area contributed by atoms with Crippen LogP contribution in [0.5, 0.6) is 11.5 Å². The predicted molar refractivity (Wildman–Crippen MR) is 117 cm³/mol. The van der Waals surface area contributed by atoms with Gasteiger partial charge in [-0.15, -0.1) is 0 Å². The van der Waals surface area contributed by atoms with E-state index in [1.807, 2.05) is 0 Å². The van der Waals surface area contributed by atoms with Gasteiger partial charge < -0.3 is 20.1 Å². The third-order valence-corrected chi connectivity index (χ3v) is 4.47.